The number of carbonyl (C=O) groups excluding carboxylic acids is 1. The molecule has 0 aromatic heterocycles. The Bertz CT molecular complexity index is 552. The first-order valence-electron chi connectivity index (χ1n) is 7.22. The number of rotatable bonds is 4. The highest BCUT2D eigenvalue weighted by atomic mass is 16.1. The fourth-order valence-corrected chi connectivity index (χ4v) is 2.61. The first kappa shape index (κ1) is 14.6. The number of amides is 1. The number of benzene rings is 1. The third kappa shape index (κ3) is 3.01. The second-order valence-electron chi connectivity index (χ2n) is 5.79. The van der Waals surface area contributed by atoms with Gasteiger partial charge < -0.3 is 5.32 Å². The van der Waals surface area contributed by atoms with E-state index < -0.39 is 0 Å². The van der Waals surface area contributed by atoms with Gasteiger partial charge in [-0.05, 0) is 37.0 Å². The highest BCUT2D eigenvalue weighted by Crippen LogP contribution is 2.35. The van der Waals surface area contributed by atoms with Gasteiger partial charge in [0.1, 0.15) is 0 Å². The molecule has 1 aromatic rings. The Hall–Kier alpha value is -1.83. The van der Waals surface area contributed by atoms with Crippen molar-refractivity contribution in [1.82, 2.24) is 5.32 Å². The summed E-state index contributed by atoms with van der Waals surface area (Å²) in [6, 6.07) is 10.2. The Morgan fingerprint density at radius 3 is 2.30 bits per heavy atom. The van der Waals surface area contributed by atoms with E-state index in [-0.39, 0.29) is 17.9 Å². The third-order valence-corrected chi connectivity index (χ3v) is 3.83. The maximum absolute atomic E-state index is 12.1. The van der Waals surface area contributed by atoms with Crippen LogP contribution in [0.1, 0.15) is 45.7 Å². The van der Waals surface area contributed by atoms with Crippen molar-refractivity contribution in [2.75, 3.05) is 0 Å². The molecule has 0 aliphatic heterocycles. The summed E-state index contributed by atoms with van der Waals surface area (Å²) < 4.78 is 0. The molecule has 1 aliphatic carbocycles. The minimum absolute atomic E-state index is 0.00666. The first-order chi connectivity index (χ1) is 9.50. The first-order valence-corrected chi connectivity index (χ1v) is 7.22. The second kappa shape index (κ2) is 6.08. The summed E-state index contributed by atoms with van der Waals surface area (Å²) in [6.07, 6.45) is 3.23. The molecular weight excluding hydrogens is 246 g/mol. The van der Waals surface area contributed by atoms with E-state index in [0.29, 0.717) is 0 Å². The van der Waals surface area contributed by atoms with Crippen molar-refractivity contribution < 1.29 is 4.79 Å². The minimum atomic E-state index is -0.0372. The van der Waals surface area contributed by atoms with Crippen LogP contribution < -0.4 is 5.32 Å². The lowest BCUT2D eigenvalue weighted by molar-refractivity contribution is -0.124. The quantitative estimate of drug-likeness (QED) is 0.873. The Morgan fingerprint density at radius 2 is 1.80 bits per heavy atom. The summed E-state index contributed by atoms with van der Waals surface area (Å²) >= 11 is 0. The molecule has 0 spiro atoms. The molecule has 20 heavy (non-hydrogen) atoms. The van der Waals surface area contributed by atoms with Crippen LogP contribution in [0.3, 0.4) is 0 Å². The zero-order valence-electron chi connectivity index (χ0n) is 12.7. The van der Waals surface area contributed by atoms with Crippen LogP contribution in [0, 0.1) is 5.92 Å². The van der Waals surface area contributed by atoms with E-state index in [9.17, 15) is 4.79 Å². The second-order valence-corrected chi connectivity index (χ2v) is 5.79. The maximum Gasteiger partial charge on any atom is 0.223 e. The summed E-state index contributed by atoms with van der Waals surface area (Å²) in [5.41, 5.74) is 5.04. The van der Waals surface area contributed by atoms with Gasteiger partial charge >= 0.3 is 0 Å². The summed E-state index contributed by atoms with van der Waals surface area (Å²) in [4.78, 5) is 12.1. The van der Waals surface area contributed by atoms with E-state index in [4.69, 9.17) is 0 Å². The maximum atomic E-state index is 12.1. The molecule has 0 heterocycles. The number of nitrogens with one attached hydrogen (secondary N) is 1. The van der Waals surface area contributed by atoms with Crippen molar-refractivity contribution >= 4 is 5.91 Å². The van der Waals surface area contributed by atoms with Gasteiger partial charge in [-0.2, -0.15) is 0 Å². The lowest BCUT2D eigenvalue weighted by Gasteiger charge is -2.24. The third-order valence-electron chi connectivity index (χ3n) is 3.83. The summed E-state index contributed by atoms with van der Waals surface area (Å²) in [7, 11) is 0. The minimum Gasteiger partial charge on any atom is -0.345 e. The van der Waals surface area contributed by atoms with Crippen molar-refractivity contribution in [2.24, 2.45) is 5.92 Å². The van der Waals surface area contributed by atoms with E-state index in [0.717, 1.165) is 12.0 Å². The van der Waals surface area contributed by atoms with E-state index in [1.807, 2.05) is 32.0 Å². The molecule has 0 fully saturated rings. The van der Waals surface area contributed by atoms with Gasteiger partial charge in [-0.15, -0.1) is 0 Å². The average Bonchev–Trinajstić information content (AvgIpc) is 2.76. The Labute approximate surface area is 121 Å². The van der Waals surface area contributed by atoms with E-state index in [1.54, 1.807) is 0 Å². The number of carbonyl (C=O) groups is 1. The van der Waals surface area contributed by atoms with Crippen molar-refractivity contribution in [2.45, 2.75) is 40.2 Å². The zero-order valence-corrected chi connectivity index (χ0v) is 12.7. The van der Waals surface area contributed by atoms with Gasteiger partial charge in [0.2, 0.25) is 5.91 Å². The normalized spacial score (nSPS) is 16.4. The molecule has 1 unspecified atom stereocenters. The van der Waals surface area contributed by atoms with Crippen LogP contribution in [-0.4, -0.2) is 5.91 Å². The Morgan fingerprint density at radius 1 is 1.15 bits per heavy atom. The molecular formula is C18H23NO. The molecule has 0 radical (unpaired) electrons. The van der Waals surface area contributed by atoms with Gasteiger partial charge in [0.25, 0.3) is 0 Å². The molecule has 0 bridgehead atoms. The fourth-order valence-electron chi connectivity index (χ4n) is 2.61. The summed E-state index contributed by atoms with van der Waals surface area (Å²) in [6.45, 7) is 8.13. The SMILES string of the molecule is CC1=CCC(C)=C1C(NC(=O)C(C)C)c1ccccc1. The Kier molecular flexibility index (Phi) is 4.43. The van der Waals surface area contributed by atoms with Crippen LogP contribution in [0.15, 0.2) is 53.1 Å². The van der Waals surface area contributed by atoms with Crippen LogP contribution in [0.25, 0.3) is 0 Å². The van der Waals surface area contributed by atoms with Gasteiger partial charge in [0.05, 0.1) is 6.04 Å². The summed E-state index contributed by atoms with van der Waals surface area (Å²) in [5, 5.41) is 3.20. The zero-order chi connectivity index (χ0) is 14.7. The van der Waals surface area contributed by atoms with E-state index >= 15 is 0 Å². The molecule has 1 aliphatic rings. The number of allylic oxidation sites excluding steroid dienone is 2. The molecule has 1 N–H and O–H groups in total. The monoisotopic (exact) mass is 269 g/mol. The highest BCUT2D eigenvalue weighted by molar-refractivity contribution is 5.79. The van der Waals surface area contributed by atoms with Crippen LogP contribution >= 0.6 is 0 Å². The molecule has 0 saturated heterocycles. The molecule has 2 rings (SSSR count). The average molecular weight is 269 g/mol. The largest absolute Gasteiger partial charge is 0.345 e. The number of hydrogen-bond donors (Lipinski definition) is 1. The van der Waals surface area contributed by atoms with E-state index in [2.05, 4.69) is 37.4 Å². The molecule has 106 valence electrons. The smallest absolute Gasteiger partial charge is 0.223 e. The predicted molar refractivity (Wildman–Crippen MR) is 83.2 cm³/mol. The Balaban J connectivity index is 2.38. The lowest BCUT2D eigenvalue weighted by Crippen LogP contribution is -2.33. The van der Waals surface area contributed by atoms with Gasteiger partial charge in [-0.1, -0.05) is 55.8 Å². The molecule has 1 amide bonds. The van der Waals surface area contributed by atoms with Gasteiger partial charge in [-0.25, -0.2) is 0 Å². The van der Waals surface area contributed by atoms with Gasteiger partial charge in [-0.3, -0.25) is 4.79 Å². The van der Waals surface area contributed by atoms with Crippen molar-refractivity contribution in [3.8, 4) is 0 Å². The highest BCUT2D eigenvalue weighted by Gasteiger charge is 2.25. The summed E-state index contributed by atoms with van der Waals surface area (Å²) in [5.74, 6) is 0.0895. The van der Waals surface area contributed by atoms with Crippen molar-refractivity contribution in [3.05, 3.63) is 58.7 Å². The van der Waals surface area contributed by atoms with Crippen molar-refractivity contribution in [3.63, 3.8) is 0 Å². The van der Waals surface area contributed by atoms with Gasteiger partial charge in [0, 0.05) is 5.92 Å². The van der Waals surface area contributed by atoms with Crippen LogP contribution in [0.2, 0.25) is 0 Å². The standard InChI is InChI=1S/C18H23NO/c1-12(2)18(20)19-17(15-8-6-5-7-9-15)16-13(3)10-11-14(16)4/h5-10,12,17H,11H2,1-4H3,(H,19,20). The molecule has 2 heteroatoms. The van der Waals surface area contributed by atoms with Gasteiger partial charge in [0.15, 0.2) is 0 Å². The van der Waals surface area contributed by atoms with Crippen LogP contribution in [0.5, 0.6) is 0 Å². The topological polar surface area (TPSA) is 29.1 Å². The van der Waals surface area contributed by atoms with Crippen LogP contribution in [0.4, 0.5) is 0 Å². The molecule has 1 atom stereocenters. The number of hydrogen-bond acceptors (Lipinski definition) is 1. The molecule has 0 saturated carbocycles. The van der Waals surface area contributed by atoms with Crippen LogP contribution in [-0.2, 0) is 4.79 Å². The molecule has 1 aromatic carbocycles. The fraction of sp³-hybridized carbons (Fsp3) is 0.389. The molecule has 2 nitrogen and oxygen atoms in total. The lowest BCUT2D eigenvalue weighted by atomic mass is 9.92. The predicted octanol–water partition coefficient (Wildman–Crippen LogP) is 4.17. The van der Waals surface area contributed by atoms with Crippen molar-refractivity contribution in [1.29, 1.82) is 0 Å². The van der Waals surface area contributed by atoms with E-state index in [1.165, 1.54) is 16.7 Å².